The van der Waals surface area contributed by atoms with E-state index >= 15 is 0 Å². The molecular formula is C20H31N5O2. The molecule has 3 rings (SSSR count). The van der Waals surface area contributed by atoms with E-state index in [1.54, 1.807) is 4.90 Å². The van der Waals surface area contributed by atoms with Gasteiger partial charge in [0.1, 0.15) is 0 Å². The van der Waals surface area contributed by atoms with E-state index in [9.17, 15) is 9.59 Å². The summed E-state index contributed by atoms with van der Waals surface area (Å²) in [6, 6.07) is 1.86. The molecule has 7 heteroatoms. The van der Waals surface area contributed by atoms with Crippen molar-refractivity contribution in [2.45, 2.75) is 46.0 Å². The molecule has 1 saturated heterocycles. The first-order valence-corrected chi connectivity index (χ1v) is 9.78. The maximum atomic E-state index is 12.9. The lowest BCUT2D eigenvalue weighted by Gasteiger charge is -2.35. The molecular weight excluding hydrogens is 342 g/mol. The highest BCUT2D eigenvalue weighted by molar-refractivity contribution is 5.93. The Bertz CT molecular complexity index is 714. The number of nitrogens with zero attached hydrogens (tertiary/aromatic N) is 5. The summed E-state index contributed by atoms with van der Waals surface area (Å²) in [7, 11) is 3.94. The summed E-state index contributed by atoms with van der Waals surface area (Å²) in [5.41, 5.74) is 2.34. The molecule has 2 amide bonds. The maximum absolute atomic E-state index is 12.9. The Morgan fingerprint density at radius 1 is 1.07 bits per heavy atom. The Hall–Kier alpha value is -2.18. The largest absolute Gasteiger partial charge is 0.376 e. The van der Waals surface area contributed by atoms with Crippen molar-refractivity contribution < 1.29 is 9.59 Å². The van der Waals surface area contributed by atoms with Gasteiger partial charge in [-0.15, -0.1) is 5.10 Å². The highest BCUT2D eigenvalue weighted by atomic mass is 16.2. The molecule has 0 atom stereocenters. The van der Waals surface area contributed by atoms with Crippen LogP contribution >= 0.6 is 0 Å². The number of carbonyl (C=O) groups is 2. The zero-order valence-electron chi connectivity index (χ0n) is 17.2. The molecule has 1 saturated carbocycles. The molecule has 148 valence electrons. The summed E-state index contributed by atoms with van der Waals surface area (Å²) < 4.78 is 0. The first-order valence-electron chi connectivity index (χ1n) is 9.78. The number of rotatable bonds is 4. The second-order valence-electron chi connectivity index (χ2n) is 9.08. The number of anilines is 1. The minimum atomic E-state index is -0.101. The van der Waals surface area contributed by atoms with Gasteiger partial charge in [0.2, 0.25) is 5.91 Å². The third-order valence-corrected chi connectivity index (χ3v) is 5.07. The van der Waals surface area contributed by atoms with Gasteiger partial charge in [-0.3, -0.25) is 9.59 Å². The molecule has 0 bridgehead atoms. The summed E-state index contributed by atoms with van der Waals surface area (Å²) in [5, 5.41) is 8.57. The molecule has 0 unspecified atom stereocenters. The van der Waals surface area contributed by atoms with Gasteiger partial charge in [0, 0.05) is 52.6 Å². The van der Waals surface area contributed by atoms with Crippen molar-refractivity contribution in [2.75, 3.05) is 45.2 Å². The highest BCUT2D eigenvalue weighted by Crippen LogP contribution is 2.42. The highest BCUT2D eigenvalue weighted by Gasteiger charge is 2.31. The molecule has 0 aromatic carbocycles. The lowest BCUT2D eigenvalue weighted by molar-refractivity contribution is -0.134. The summed E-state index contributed by atoms with van der Waals surface area (Å²) in [6.07, 6.45) is 2.82. The van der Waals surface area contributed by atoms with Crippen LogP contribution in [0.1, 0.15) is 62.1 Å². The fourth-order valence-corrected chi connectivity index (χ4v) is 3.39. The van der Waals surface area contributed by atoms with Crippen LogP contribution < -0.4 is 4.90 Å². The molecule has 0 N–H and O–H groups in total. The molecule has 0 spiro atoms. The Labute approximate surface area is 161 Å². The van der Waals surface area contributed by atoms with E-state index in [-0.39, 0.29) is 17.2 Å². The third-order valence-electron chi connectivity index (χ3n) is 5.07. The maximum Gasteiger partial charge on any atom is 0.274 e. The Kier molecular flexibility index (Phi) is 5.40. The van der Waals surface area contributed by atoms with E-state index < -0.39 is 0 Å². The summed E-state index contributed by atoms with van der Waals surface area (Å²) in [4.78, 5) is 30.9. The monoisotopic (exact) mass is 373 g/mol. The SMILES string of the molecule is CN(C)c1cc(C(=O)N2CCN(C(=O)CC(C)(C)C)CC2)nnc1C1CC1. The number of piperazine rings is 1. The van der Waals surface area contributed by atoms with E-state index in [1.165, 1.54) is 0 Å². The molecule has 1 aliphatic heterocycles. The van der Waals surface area contributed by atoms with Crippen molar-refractivity contribution in [1.82, 2.24) is 20.0 Å². The van der Waals surface area contributed by atoms with Crippen LogP contribution in [0.25, 0.3) is 0 Å². The smallest absolute Gasteiger partial charge is 0.274 e. The summed E-state index contributed by atoms with van der Waals surface area (Å²) in [5.74, 6) is 0.547. The number of amides is 2. The number of hydrogen-bond acceptors (Lipinski definition) is 5. The van der Waals surface area contributed by atoms with Crippen LogP contribution in [-0.4, -0.2) is 72.1 Å². The van der Waals surface area contributed by atoms with Crippen LogP contribution in [0.15, 0.2) is 6.07 Å². The number of hydrogen-bond donors (Lipinski definition) is 0. The third kappa shape index (κ3) is 4.76. The second-order valence-corrected chi connectivity index (χ2v) is 9.08. The predicted molar refractivity (Wildman–Crippen MR) is 105 cm³/mol. The van der Waals surface area contributed by atoms with Crippen molar-refractivity contribution in [3.05, 3.63) is 17.5 Å². The van der Waals surface area contributed by atoms with Gasteiger partial charge in [-0.1, -0.05) is 20.8 Å². The second kappa shape index (κ2) is 7.44. The van der Waals surface area contributed by atoms with Crippen molar-refractivity contribution in [1.29, 1.82) is 0 Å². The molecule has 2 heterocycles. The van der Waals surface area contributed by atoms with Gasteiger partial charge in [-0.05, 0) is 24.3 Å². The molecule has 0 radical (unpaired) electrons. The Balaban J connectivity index is 1.64. The van der Waals surface area contributed by atoms with E-state index in [4.69, 9.17) is 0 Å². The first-order chi connectivity index (χ1) is 12.7. The quantitative estimate of drug-likeness (QED) is 0.809. The van der Waals surface area contributed by atoms with Crippen LogP contribution in [-0.2, 0) is 4.79 Å². The van der Waals surface area contributed by atoms with Crippen molar-refractivity contribution in [3.63, 3.8) is 0 Å². The average Bonchev–Trinajstić information content (AvgIpc) is 3.44. The van der Waals surface area contributed by atoms with Crippen LogP contribution in [0.5, 0.6) is 0 Å². The Morgan fingerprint density at radius 3 is 2.19 bits per heavy atom. The molecule has 2 aliphatic rings. The molecule has 1 aliphatic carbocycles. The van der Waals surface area contributed by atoms with E-state index in [1.807, 2.05) is 30.0 Å². The minimum Gasteiger partial charge on any atom is -0.376 e. The van der Waals surface area contributed by atoms with Crippen LogP contribution in [0.4, 0.5) is 5.69 Å². The van der Waals surface area contributed by atoms with Gasteiger partial charge in [-0.2, -0.15) is 5.10 Å². The predicted octanol–water partition coefficient (Wildman–Crippen LogP) is 2.14. The van der Waals surface area contributed by atoms with Gasteiger partial charge in [0.15, 0.2) is 5.69 Å². The molecule has 1 aromatic rings. The van der Waals surface area contributed by atoms with Crippen LogP contribution in [0, 0.1) is 5.41 Å². The number of carbonyl (C=O) groups excluding carboxylic acids is 2. The van der Waals surface area contributed by atoms with Crippen molar-refractivity contribution in [3.8, 4) is 0 Å². The average molecular weight is 374 g/mol. The number of aromatic nitrogens is 2. The fraction of sp³-hybridized carbons (Fsp3) is 0.700. The summed E-state index contributed by atoms with van der Waals surface area (Å²) >= 11 is 0. The Morgan fingerprint density at radius 2 is 1.67 bits per heavy atom. The fourth-order valence-electron chi connectivity index (χ4n) is 3.39. The summed E-state index contributed by atoms with van der Waals surface area (Å²) in [6.45, 7) is 8.44. The van der Waals surface area contributed by atoms with Crippen LogP contribution in [0.3, 0.4) is 0 Å². The molecule has 27 heavy (non-hydrogen) atoms. The van der Waals surface area contributed by atoms with E-state index in [0.29, 0.717) is 44.2 Å². The van der Waals surface area contributed by atoms with E-state index in [2.05, 4.69) is 31.0 Å². The molecule has 2 fully saturated rings. The van der Waals surface area contributed by atoms with Gasteiger partial charge < -0.3 is 14.7 Å². The van der Waals surface area contributed by atoms with Crippen LogP contribution in [0.2, 0.25) is 0 Å². The van der Waals surface area contributed by atoms with Gasteiger partial charge >= 0.3 is 0 Å². The van der Waals surface area contributed by atoms with Gasteiger partial charge in [-0.25, -0.2) is 0 Å². The topological polar surface area (TPSA) is 69.6 Å². The van der Waals surface area contributed by atoms with Gasteiger partial charge in [0.05, 0.1) is 11.4 Å². The zero-order valence-corrected chi connectivity index (χ0v) is 17.2. The molecule has 1 aromatic heterocycles. The lowest BCUT2D eigenvalue weighted by atomic mass is 9.91. The van der Waals surface area contributed by atoms with E-state index in [0.717, 1.165) is 24.2 Å². The van der Waals surface area contributed by atoms with Crippen molar-refractivity contribution in [2.24, 2.45) is 5.41 Å². The lowest BCUT2D eigenvalue weighted by Crippen LogP contribution is -2.51. The standard InChI is InChI=1S/C20H31N5O2/c1-20(2,3)13-17(26)24-8-10-25(11-9-24)19(27)15-12-16(23(4)5)18(22-21-15)14-6-7-14/h12,14H,6-11,13H2,1-5H3. The zero-order chi connectivity index (χ0) is 19.8. The van der Waals surface area contributed by atoms with Gasteiger partial charge in [0.25, 0.3) is 5.91 Å². The normalized spacial score (nSPS) is 17.8. The minimum absolute atomic E-state index is 0.0223. The molecule has 7 nitrogen and oxygen atoms in total. The van der Waals surface area contributed by atoms with Crippen molar-refractivity contribution >= 4 is 17.5 Å². The first kappa shape index (κ1) is 19.6.